The van der Waals surface area contributed by atoms with Gasteiger partial charge in [0.15, 0.2) is 0 Å². The number of likely N-dealkylation sites (N-methyl/N-ethyl adjacent to an activating group) is 1. The second kappa shape index (κ2) is 8.51. The minimum absolute atomic E-state index is 0.0363. The fourth-order valence-electron chi connectivity index (χ4n) is 4.35. The molecule has 164 valence electrons. The molecule has 7 heteroatoms. The Morgan fingerprint density at radius 1 is 1.25 bits per heavy atom. The number of nitro groups is 1. The minimum atomic E-state index is -0.978. The van der Waals surface area contributed by atoms with Crippen molar-refractivity contribution in [2.24, 2.45) is 0 Å². The van der Waals surface area contributed by atoms with Gasteiger partial charge in [-0.05, 0) is 35.7 Å². The van der Waals surface area contributed by atoms with Crippen molar-refractivity contribution in [3.05, 3.63) is 80.5 Å². The van der Waals surface area contributed by atoms with Crippen LogP contribution in [0.3, 0.4) is 0 Å². The van der Waals surface area contributed by atoms with Gasteiger partial charge in [-0.1, -0.05) is 51.1 Å². The molecule has 0 radical (unpaired) electrons. The highest BCUT2D eigenvalue weighted by Crippen LogP contribution is 2.35. The van der Waals surface area contributed by atoms with Gasteiger partial charge in [0.25, 0.3) is 5.69 Å². The second-order valence-electron chi connectivity index (χ2n) is 8.34. The molecule has 2 aromatic carbocycles. The lowest BCUT2D eigenvalue weighted by atomic mass is 9.91. The number of nitrogens with zero attached hydrogens (tertiary/aromatic N) is 3. The van der Waals surface area contributed by atoms with Crippen molar-refractivity contribution in [3.63, 3.8) is 0 Å². The molecule has 0 unspecified atom stereocenters. The van der Waals surface area contributed by atoms with Crippen LogP contribution in [0.25, 0.3) is 22.6 Å². The molecule has 1 aliphatic heterocycles. The molecule has 0 atom stereocenters. The Balaban J connectivity index is 1.94. The third kappa shape index (κ3) is 3.87. The van der Waals surface area contributed by atoms with Crippen LogP contribution in [0.1, 0.15) is 59.4 Å². The van der Waals surface area contributed by atoms with Gasteiger partial charge in [-0.15, -0.1) is 0 Å². The summed E-state index contributed by atoms with van der Waals surface area (Å²) in [6.45, 7) is 7.72. The molecular weight excluding hydrogens is 406 g/mol. The van der Waals surface area contributed by atoms with Crippen LogP contribution >= 0.6 is 0 Å². The van der Waals surface area contributed by atoms with Gasteiger partial charge in [0.2, 0.25) is 0 Å². The minimum Gasteiger partial charge on any atom is -0.478 e. The molecule has 0 saturated carbocycles. The standard InChI is InChI=1S/C25H25N3O4/c1-4-27-13-17(11-16-9-10-18(15(2)3)22(12-16)28(31)32)24-20(14-27)23(25(29)30)19-7-5-6-8-21(19)26-24/h5-12,15H,4,13-14H2,1-3H3,(H,29,30)/b17-11+. The molecule has 32 heavy (non-hydrogen) atoms. The van der Waals surface area contributed by atoms with E-state index in [0.717, 1.165) is 12.1 Å². The first kappa shape index (κ1) is 21.6. The summed E-state index contributed by atoms with van der Waals surface area (Å²) in [6.07, 6.45) is 1.89. The van der Waals surface area contributed by atoms with E-state index < -0.39 is 5.97 Å². The first-order valence-electron chi connectivity index (χ1n) is 10.7. The third-order valence-electron chi connectivity index (χ3n) is 5.95. The lowest BCUT2D eigenvalue weighted by molar-refractivity contribution is -0.385. The van der Waals surface area contributed by atoms with E-state index >= 15 is 0 Å². The van der Waals surface area contributed by atoms with Crippen LogP contribution in [-0.2, 0) is 6.54 Å². The Morgan fingerprint density at radius 3 is 2.66 bits per heavy atom. The summed E-state index contributed by atoms with van der Waals surface area (Å²) in [5, 5.41) is 22.3. The maximum Gasteiger partial charge on any atom is 0.336 e. The average molecular weight is 431 g/mol. The lowest BCUT2D eigenvalue weighted by Crippen LogP contribution is -2.31. The smallest absolute Gasteiger partial charge is 0.336 e. The highest BCUT2D eigenvalue weighted by Gasteiger charge is 2.28. The van der Waals surface area contributed by atoms with Gasteiger partial charge in [0.1, 0.15) is 0 Å². The molecule has 0 amide bonds. The Hall–Kier alpha value is -3.58. The normalized spacial score (nSPS) is 15.3. The zero-order valence-electron chi connectivity index (χ0n) is 18.3. The number of hydrogen-bond acceptors (Lipinski definition) is 5. The SMILES string of the molecule is CCN1C/C(=C\c2ccc(C(C)C)c([N+](=O)[O-])c2)c2nc3ccccc3c(C(=O)O)c2C1. The highest BCUT2D eigenvalue weighted by molar-refractivity contribution is 6.06. The number of rotatable bonds is 5. The van der Waals surface area contributed by atoms with Crippen LogP contribution in [0.15, 0.2) is 42.5 Å². The van der Waals surface area contributed by atoms with Crippen LogP contribution in [0, 0.1) is 10.1 Å². The molecule has 1 N–H and O–H groups in total. The van der Waals surface area contributed by atoms with Gasteiger partial charge < -0.3 is 5.11 Å². The number of hydrogen-bond donors (Lipinski definition) is 1. The summed E-state index contributed by atoms with van der Waals surface area (Å²) < 4.78 is 0. The molecule has 0 bridgehead atoms. The molecule has 0 aliphatic carbocycles. The maximum absolute atomic E-state index is 12.2. The molecule has 7 nitrogen and oxygen atoms in total. The van der Waals surface area contributed by atoms with Crippen molar-refractivity contribution in [1.29, 1.82) is 0 Å². The molecule has 0 spiro atoms. The molecule has 3 aromatic rings. The number of pyridine rings is 1. The summed E-state index contributed by atoms with van der Waals surface area (Å²) in [4.78, 5) is 30.5. The van der Waals surface area contributed by atoms with Crippen molar-refractivity contribution in [2.75, 3.05) is 13.1 Å². The van der Waals surface area contributed by atoms with E-state index in [9.17, 15) is 20.0 Å². The van der Waals surface area contributed by atoms with Gasteiger partial charge in [-0.2, -0.15) is 0 Å². The Labute approximate surface area is 186 Å². The number of benzene rings is 2. The van der Waals surface area contributed by atoms with E-state index in [0.29, 0.717) is 46.4 Å². The lowest BCUT2D eigenvalue weighted by Gasteiger charge is -2.30. The molecule has 0 fully saturated rings. The Morgan fingerprint density at radius 2 is 2.00 bits per heavy atom. The predicted molar refractivity (Wildman–Crippen MR) is 125 cm³/mol. The third-order valence-corrected chi connectivity index (χ3v) is 5.95. The molecular formula is C25H25N3O4. The summed E-state index contributed by atoms with van der Waals surface area (Å²) in [5.41, 5.74) is 4.57. The molecule has 2 heterocycles. The Kier molecular flexibility index (Phi) is 5.76. The number of fused-ring (bicyclic) bond motifs is 2. The van der Waals surface area contributed by atoms with Gasteiger partial charge >= 0.3 is 5.97 Å². The molecule has 0 saturated heterocycles. The zero-order chi connectivity index (χ0) is 23.0. The maximum atomic E-state index is 12.2. The van der Waals surface area contributed by atoms with E-state index in [2.05, 4.69) is 4.90 Å². The number of carbonyl (C=O) groups is 1. The second-order valence-corrected chi connectivity index (χ2v) is 8.34. The Bertz CT molecular complexity index is 1260. The number of carboxylic acid groups (broad SMARTS) is 1. The monoisotopic (exact) mass is 431 g/mol. The largest absolute Gasteiger partial charge is 0.478 e. The molecule has 1 aromatic heterocycles. The molecule has 4 rings (SSSR count). The quantitative estimate of drug-likeness (QED) is 0.433. The first-order valence-corrected chi connectivity index (χ1v) is 10.7. The predicted octanol–water partition coefficient (Wildman–Crippen LogP) is 5.34. The van der Waals surface area contributed by atoms with Gasteiger partial charge in [-0.3, -0.25) is 15.0 Å². The van der Waals surface area contributed by atoms with Crippen LogP contribution < -0.4 is 0 Å². The van der Waals surface area contributed by atoms with E-state index in [-0.39, 0.29) is 22.1 Å². The fourth-order valence-corrected chi connectivity index (χ4v) is 4.35. The number of carboxylic acids is 1. The number of para-hydroxylation sites is 1. The van der Waals surface area contributed by atoms with E-state index in [1.807, 2.05) is 51.1 Å². The first-order chi connectivity index (χ1) is 15.3. The number of nitro benzene ring substituents is 1. The van der Waals surface area contributed by atoms with Crippen LogP contribution in [0.5, 0.6) is 0 Å². The van der Waals surface area contributed by atoms with Gasteiger partial charge in [0.05, 0.1) is 21.7 Å². The van der Waals surface area contributed by atoms with Crippen LogP contribution in [0.4, 0.5) is 5.69 Å². The van der Waals surface area contributed by atoms with Gasteiger partial charge in [-0.25, -0.2) is 9.78 Å². The average Bonchev–Trinajstić information content (AvgIpc) is 2.76. The van der Waals surface area contributed by atoms with Crippen LogP contribution in [0.2, 0.25) is 0 Å². The van der Waals surface area contributed by atoms with Crippen LogP contribution in [-0.4, -0.2) is 39.0 Å². The summed E-state index contributed by atoms with van der Waals surface area (Å²) in [7, 11) is 0. The summed E-state index contributed by atoms with van der Waals surface area (Å²) in [6, 6.07) is 12.5. The molecule has 1 aliphatic rings. The summed E-state index contributed by atoms with van der Waals surface area (Å²) in [5.74, 6) is -0.941. The van der Waals surface area contributed by atoms with Crippen molar-refractivity contribution in [2.45, 2.75) is 33.2 Å². The van der Waals surface area contributed by atoms with Crippen molar-refractivity contribution >= 4 is 34.2 Å². The van der Waals surface area contributed by atoms with Gasteiger partial charge in [0, 0.05) is 35.7 Å². The van der Waals surface area contributed by atoms with E-state index in [1.165, 1.54) is 0 Å². The van der Waals surface area contributed by atoms with Crippen molar-refractivity contribution in [3.8, 4) is 0 Å². The van der Waals surface area contributed by atoms with E-state index in [4.69, 9.17) is 4.98 Å². The van der Waals surface area contributed by atoms with Crippen molar-refractivity contribution in [1.82, 2.24) is 9.88 Å². The number of aromatic carboxylic acids is 1. The summed E-state index contributed by atoms with van der Waals surface area (Å²) >= 11 is 0. The van der Waals surface area contributed by atoms with E-state index in [1.54, 1.807) is 18.2 Å². The fraction of sp³-hybridized carbons (Fsp3) is 0.280. The highest BCUT2D eigenvalue weighted by atomic mass is 16.6. The topological polar surface area (TPSA) is 96.6 Å². The number of aromatic nitrogens is 1. The zero-order valence-corrected chi connectivity index (χ0v) is 18.3. The van der Waals surface area contributed by atoms with Crippen molar-refractivity contribution < 1.29 is 14.8 Å².